The van der Waals surface area contributed by atoms with Crippen LogP contribution in [0.25, 0.3) is 0 Å². The van der Waals surface area contributed by atoms with Gasteiger partial charge in [0.2, 0.25) is 5.91 Å². The Morgan fingerprint density at radius 1 is 1.09 bits per heavy atom. The van der Waals surface area contributed by atoms with Crippen molar-refractivity contribution >= 4 is 17.5 Å². The van der Waals surface area contributed by atoms with Crippen LogP contribution in [0, 0.1) is 6.92 Å². The third-order valence-electron chi connectivity index (χ3n) is 5.91. The molecule has 7 heteroatoms. The lowest BCUT2D eigenvalue weighted by Crippen LogP contribution is -2.40. The molecule has 4 rings (SSSR count). The highest BCUT2D eigenvalue weighted by atomic mass is 16.5. The SMILES string of the molecule is COc1ccc(CC(=O)N2CCCC[C@H]2c2ncc(C(=O)Nc3ccccc3)c(C)n2)cc1. The van der Waals surface area contributed by atoms with E-state index < -0.39 is 0 Å². The second kappa shape index (κ2) is 10.3. The van der Waals surface area contributed by atoms with Gasteiger partial charge in [0.25, 0.3) is 5.91 Å². The van der Waals surface area contributed by atoms with Gasteiger partial charge in [0.15, 0.2) is 5.82 Å². The Balaban J connectivity index is 1.49. The van der Waals surface area contributed by atoms with Crippen LogP contribution >= 0.6 is 0 Å². The number of aryl methyl sites for hydroxylation is 1. The number of hydrogen-bond acceptors (Lipinski definition) is 5. The lowest BCUT2D eigenvalue weighted by Gasteiger charge is -2.35. The molecule has 1 aliphatic rings. The first kappa shape index (κ1) is 22.5. The number of anilines is 1. The van der Waals surface area contributed by atoms with E-state index in [0.717, 1.165) is 30.6 Å². The molecule has 170 valence electrons. The van der Waals surface area contributed by atoms with Crippen molar-refractivity contribution in [3.63, 3.8) is 0 Å². The van der Waals surface area contributed by atoms with Crippen molar-refractivity contribution in [2.45, 2.75) is 38.6 Å². The lowest BCUT2D eigenvalue weighted by molar-refractivity contribution is -0.134. The van der Waals surface area contributed by atoms with Gasteiger partial charge in [0.05, 0.1) is 30.8 Å². The summed E-state index contributed by atoms with van der Waals surface area (Å²) in [4.78, 5) is 36.8. The molecule has 2 amide bonds. The number of nitrogens with zero attached hydrogens (tertiary/aromatic N) is 3. The van der Waals surface area contributed by atoms with Crippen LogP contribution in [-0.2, 0) is 11.2 Å². The van der Waals surface area contributed by atoms with E-state index in [1.807, 2.05) is 59.5 Å². The highest BCUT2D eigenvalue weighted by Crippen LogP contribution is 2.30. The number of piperidine rings is 1. The first-order valence-electron chi connectivity index (χ1n) is 11.2. The quantitative estimate of drug-likeness (QED) is 0.611. The number of rotatable bonds is 6. The maximum atomic E-state index is 13.1. The van der Waals surface area contributed by atoms with E-state index in [1.165, 1.54) is 0 Å². The Morgan fingerprint density at radius 2 is 1.85 bits per heavy atom. The van der Waals surface area contributed by atoms with Gasteiger partial charge in [-0.1, -0.05) is 30.3 Å². The summed E-state index contributed by atoms with van der Waals surface area (Å²) in [6, 6.07) is 16.6. The number of likely N-dealkylation sites (tertiary alicyclic amines) is 1. The minimum atomic E-state index is -0.249. The largest absolute Gasteiger partial charge is 0.497 e. The molecule has 1 aliphatic heterocycles. The maximum Gasteiger partial charge on any atom is 0.259 e. The van der Waals surface area contributed by atoms with Gasteiger partial charge >= 0.3 is 0 Å². The molecular formula is C26H28N4O3. The smallest absolute Gasteiger partial charge is 0.259 e. The van der Waals surface area contributed by atoms with Gasteiger partial charge in [0.1, 0.15) is 5.75 Å². The van der Waals surface area contributed by atoms with Crippen LogP contribution in [0.5, 0.6) is 5.75 Å². The minimum absolute atomic E-state index is 0.0528. The molecular weight excluding hydrogens is 416 g/mol. The highest BCUT2D eigenvalue weighted by molar-refractivity contribution is 6.04. The zero-order valence-electron chi connectivity index (χ0n) is 19.0. The molecule has 0 bridgehead atoms. The van der Waals surface area contributed by atoms with E-state index in [4.69, 9.17) is 4.74 Å². The van der Waals surface area contributed by atoms with Crippen LogP contribution in [0.4, 0.5) is 5.69 Å². The van der Waals surface area contributed by atoms with Gasteiger partial charge in [-0.05, 0) is 56.0 Å². The minimum Gasteiger partial charge on any atom is -0.497 e. The van der Waals surface area contributed by atoms with Crippen molar-refractivity contribution in [1.82, 2.24) is 14.9 Å². The third kappa shape index (κ3) is 5.37. The molecule has 0 radical (unpaired) electrons. The van der Waals surface area contributed by atoms with Gasteiger partial charge < -0.3 is 15.0 Å². The molecule has 2 aromatic carbocycles. The Morgan fingerprint density at radius 3 is 2.55 bits per heavy atom. The molecule has 0 spiro atoms. The molecule has 1 aromatic heterocycles. The second-order valence-electron chi connectivity index (χ2n) is 8.17. The number of carbonyl (C=O) groups excluding carboxylic acids is 2. The molecule has 1 fully saturated rings. The summed E-state index contributed by atoms with van der Waals surface area (Å²) in [6.07, 6.45) is 4.66. The molecule has 1 saturated heterocycles. The van der Waals surface area contributed by atoms with E-state index >= 15 is 0 Å². The first-order chi connectivity index (χ1) is 16.0. The highest BCUT2D eigenvalue weighted by Gasteiger charge is 2.30. The average Bonchev–Trinajstić information content (AvgIpc) is 2.85. The number of benzene rings is 2. The number of nitrogens with one attached hydrogen (secondary N) is 1. The van der Waals surface area contributed by atoms with Gasteiger partial charge in [-0.3, -0.25) is 9.59 Å². The van der Waals surface area contributed by atoms with Gasteiger partial charge in [-0.25, -0.2) is 9.97 Å². The van der Waals surface area contributed by atoms with E-state index in [-0.39, 0.29) is 17.9 Å². The molecule has 0 aliphatic carbocycles. The summed E-state index contributed by atoms with van der Waals surface area (Å²) in [7, 11) is 1.62. The van der Waals surface area contributed by atoms with Crippen LogP contribution in [0.1, 0.15) is 52.7 Å². The number of amides is 2. The number of methoxy groups -OCH3 is 1. The average molecular weight is 445 g/mol. The Kier molecular flexibility index (Phi) is 6.98. The van der Waals surface area contributed by atoms with Crippen molar-refractivity contribution in [2.75, 3.05) is 19.0 Å². The molecule has 3 aromatic rings. The van der Waals surface area contributed by atoms with Crippen molar-refractivity contribution in [1.29, 1.82) is 0 Å². The summed E-state index contributed by atoms with van der Waals surface area (Å²) in [5, 5.41) is 2.87. The monoisotopic (exact) mass is 444 g/mol. The summed E-state index contributed by atoms with van der Waals surface area (Å²) < 4.78 is 5.20. The fourth-order valence-electron chi connectivity index (χ4n) is 4.11. The summed E-state index contributed by atoms with van der Waals surface area (Å²) in [6.45, 7) is 2.48. The first-order valence-corrected chi connectivity index (χ1v) is 11.2. The van der Waals surface area contributed by atoms with Crippen molar-refractivity contribution in [2.24, 2.45) is 0 Å². The zero-order valence-corrected chi connectivity index (χ0v) is 19.0. The molecule has 1 N–H and O–H groups in total. The fourth-order valence-corrected chi connectivity index (χ4v) is 4.11. The third-order valence-corrected chi connectivity index (χ3v) is 5.91. The van der Waals surface area contributed by atoms with Crippen molar-refractivity contribution < 1.29 is 14.3 Å². The van der Waals surface area contributed by atoms with Crippen molar-refractivity contribution in [3.8, 4) is 5.75 Å². The Bertz CT molecular complexity index is 1120. The van der Waals surface area contributed by atoms with E-state index in [1.54, 1.807) is 20.2 Å². The summed E-state index contributed by atoms with van der Waals surface area (Å²) >= 11 is 0. The summed E-state index contributed by atoms with van der Waals surface area (Å²) in [5.41, 5.74) is 2.68. The Hall–Kier alpha value is -3.74. The normalized spacial score (nSPS) is 15.7. The Labute approximate surface area is 193 Å². The van der Waals surface area contributed by atoms with Gasteiger partial charge in [0, 0.05) is 18.4 Å². The van der Waals surface area contributed by atoms with Crippen LogP contribution in [0.15, 0.2) is 60.8 Å². The van der Waals surface area contributed by atoms with E-state index in [9.17, 15) is 9.59 Å². The number of para-hydroxylation sites is 1. The molecule has 0 unspecified atom stereocenters. The van der Waals surface area contributed by atoms with E-state index in [0.29, 0.717) is 35.7 Å². The topological polar surface area (TPSA) is 84.4 Å². The zero-order chi connectivity index (χ0) is 23.2. The maximum absolute atomic E-state index is 13.1. The van der Waals surface area contributed by atoms with Gasteiger partial charge in [-0.15, -0.1) is 0 Å². The predicted molar refractivity (Wildman–Crippen MR) is 126 cm³/mol. The molecule has 2 heterocycles. The van der Waals surface area contributed by atoms with E-state index in [2.05, 4.69) is 15.3 Å². The number of hydrogen-bond donors (Lipinski definition) is 1. The number of aromatic nitrogens is 2. The molecule has 1 atom stereocenters. The van der Waals surface area contributed by atoms with Crippen LogP contribution in [0.2, 0.25) is 0 Å². The fraction of sp³-hybridized carbons (Fsp3) is 0.308. The van der Waals surface area contributed by atoms with Crippen LogP contribution in [0.3, 0.4) is 0 Å². The second-order valence-corrected chi connectivity index (χ2v) is 8.17. The van der Waals surface area contributed by atoms with Crippen LogP contribution < -0.4 is 10.1 Å². The van der Waals surface area contributed by atoms with Crippen molar-refractivity contribution in [3.05, 3.63) is 83.4 Å². The number of carbonyl (C=O) groups is 2. The van der Waals surface area contributed by atoms with Gasteiger partial charge in [-0.2, -0.15) is 0 Å². The standard InChI is InChI=1S/C26H28N4O3/c1-18-22(26(32)29-20-8-4-3-5-9-20)17-27-25(28-18)23-10-6-7-15-30(23)24(31)16-19-11-13-21(33-2)14-12-19/h3-5,8-9,11-14,17,23H,6-7,10,15-16H2,1-2H3,(H,29,32)/t23-/m0/s1. The molecule has 33 heavy (non-hydrogen) atoms. The predicted octanol–water partition coefficient (Wildman–Crippen LogP) is 4.34. The number of ether oxygens (including phenoxy) is 1. The van der Waals surface area contributed by atoms with Crippen LogP contribution in [-0.4, -0.2) is 40.3 Å². The molecule has 7 nitrogen and oxygen atoms in total. The molecule has 0 saturated carbocycles. The summed E-state index contributed by atoms with van der Waals surface area (Å²) in [5.74, 6) is 1.16. The lowest BCUT2D eigenvalue weighted by atomic mass is 9.99.